The predicted octanol–water partition coefficient (Wildman–Crippen LogP) is 4.69. The third-order valence-corrected chi connectivity index (χ3v) is 4.25. The van der Waals surface area contributed by atoms with Gasteiger partial charge in [0.1, 0.15) is 0 Å². The third-order valence-electron chi connectivity index (χ3n) is 4.25. The minimum absolute atomic E-state index is 0.0409. The summed E-state index contributed by atoms with van der Waals surface area (Å²) < 4.78 is 10.8. The lowest BCUT2D eigenvalue weighted by Crippen LogP contribution is -2.08. The fraction of sp³-hybridized carbons (Fsp3) is 0.0870. The summed E-state index contributed by atoms with van der Waals surface area (Å²) in [6.07, 6.45) is 0.189. The van der Waals surface area contributed by atoms with Crippen LogP contribution in [0, 0.1) is 0 Å². The molecule has 28 heavy (non-hydrogen) atoms. The lowest BCUT2D eigenvalue weighted by molar-refractivity contribution is -0.144. The predicted molar refractivity (Wildman–Crippen MR) is 105 cm³/mol. The Morgan fingerprint density at radius 1 is 0.750 bits per heavy atom. The van der Waals surface area contributed by atoms with Crippen molar-refractivity contribution in [2.75, 3.05) is 0 Å². The number of nitrogens with zero attached hydrogens (tertiary/aromatic N) is 2. The van der Waals surface area contributed by atoms with E-state index in [1.807, 2.05) is 72.8 Å². The van der Waals surface area contributed by atoms with Gasteiger partial charge in [0.15, 0.2) is 6.61 Å². The zero-order chi connectivity index (χ0) is 19.2. The minimum Gasteiger partial charge on any atom is -0.455 e. The second-order valence-electron chi connectivity index (χ2n) is 6.27. The van der Waals surface area contributed by atoms with Gasteiger partial charge in [-0.3, -0.25) is 4.79 Å². The van der Waals surface area contributed by atoms with Crippen LogP contribution in [0.3, 0.4) is 0 Å². The van der Waals surface area contributed by atoms with Crippen molar-refractivity contribution in [2.45, 2.75) is 13.0 Å². The molecule has 0 saturated heterocycles. The number of hydrogen-bond acceptors (Lipinski definition) is 5. The molecule has 0 spiro atoms. The Bertz CT molecular complexity index is 1040. The highest BCUT2D eigenvalue weighted by molar-refractivity contribution is 5.73. The first-order valence-electron chi connectivity index (χ1n) is 8.96. The molecule has 0 amide bonds. The lowest BCUT2D eigenvalue weighted by Gasteiger charge is -2.05. The van der Waals surface area contributed by atoms with Crippen LogP contribution in [-0.4, -0.2) is 16.2 Å². The van der Waals surface area contributed by atoms with Crippen LogP contribution >= 0.6 is 0 Å². The average molecular weight is 370 g/mol. The largest absolute Gasteiger partial charge is 0.455 e. The highest BCUT2D eigenvalue weighted by Crippen LogP contribution is 2.20. The summed E-state index contributed by atoms with van der Waals surface area (Å²) in [5.74, 6) is 0.335. The first-order chi connectivity index (χ1) is 13.8. The molecule has 0 fully saturated rings. The van der Waals surface area contributed by atoms with E-state index in [2.05, 4.69) is 22.3 Å². The van der Waals surface area contributed by atoms with Gasteiger partial charge in [0.25, 0.3) is 5.89 Å². The molecule has 0 atom stereocenters. The maximum absolute atomic E-state index is 12.1. The second-order valence-corrected chi connectivity index (χ2v) is 6.27. The van der Waals surface area contributed by atoms with Crippen molar-refractivity contribution in [3.63, 3.8) is 0 Å². The Balaban J connectivity index is 1.32. The van der Waals surface area contributed by atoms with Crippen LogP contribution in [0.5, 0.6) is 0 Å². The van der Waals surface area contributed by atoms with Crippen molar-refractivity contribution < 1.29 is 13.9 Å². The third kappa shape index (κ3) is 4.32. The molecule has 0 N–H and O–H groups in total. The number of ether oxygens (including phenoxy) is 1. The van der Waals surface area contributed by atoms with Crippen LogP contribution in [0.4, 0.5) is 0 Å². The number of carbonyl (C=O) groups is 1. The molecule has 5 nitrogen and oxygen atoms in total. The van der Waals surface area contributed by atoms with Gasteiger partial charge in [-0.25, -0.2) is 0 Å². The van der Waals surface area contributed by atoms with Crippen LogP contribution < -0.4 is 0 Å². The van der Waals surface area contributed by atoms with Gasteiger partial charge < -0.3 is 9.15 Å². The van der Waals surface area contributed by atoms with Gasteiger partial charge in [-0.1, -0.05) is 72.8 Å². The maximum atomic E-state index is 12.1. The number of benzene rings is 3. The molecule has 4 aromatic rings. The van der Waals surface area contributed by atoms with Crippen molar-refractivity contribution in [3.05, 3.63) is 96.4 Å². The summed E-state index contributed by atoms with van der Waals surface area (Å²) >= 11 is 0. The molecule has 3 aromatic carbocycles. The summed E-state index contributed by atoms with van der Waals surface area (Å²) in [5.41, 5.74) is 3.96. The first kappa shape index (κ1) is 17.7. The summed E-state index contributed by atoms with van der Waals surface area (Å²) in [4.78, 5) is 12.1. The molecule has 0 aliphatic heterocycles. The summed E-state index contributed by atoms with van der Waals surface area (Å²) in [7, 11) is 0. The molecule has 138 valence electrons. The molecular formula is C23H18N2O3. The van der Waals surface area contributed by atoms with E-state index in [1.165, 1.54) is 0 Å². The Morgan fingerprint density at radius 3 is 2.04 bits per heavy atom. The Morgan fingerprint density at radius 2 is 1.36 bits per heavy atom. The van der Waals surface area contributed by atoms with Crippen LogP contribution in [0.1, 0.15) is 11.5 Å². The zero-order valence-electron chi connectivity index (χ0n) is 15.1. The monoisotopic (exact) mass is 370 g/mol. The van der Waals surface area contributed by atoms with E-state index >= 15 is 0 Å². The van der Waals surface area contributed by atoms with Gasteiger partial charge >= 0.3 is 5.97 Å². The van der Waals surface area contributed by atoms with E-state index in [4.69, 9.17) is 9.15 Å². The Kier molecular flexibility index (Phi) is 5.24. The minimum atomic E-state index is -0.341. The highest BCUT2D eigenvalue weighted by Gasteiger charge is 2.11. The quantitative estimate of drug-likeness (QED) is 0.461. The standard InChI is InChI=1S/C23H18N2O3/c26-22(15-17-11-13-19(14-12-17)18-7-3-1-4-8-18)27-16-21-24-25-23(28-21)20-9-5-2-6-10-20/h1-14H,15-16H2. The molecule has 0 aliphatic carbocycles. The summed E-state index contributed by atoms with van der Waals surface area (Å²) in [5, 5.41) is 7.90. The fourth-order valence-electron chi connectivity index (χ4n) is 2.81. The van der Waals surface area contributed by atoms with E-state index in [1.54, 1.807) is 0 Å². The van der Waals surface area contributed by atoms with E-state index in [0.29, 0.717) is 5.89 Å². The normalized spacial score (nSPS) is 10.6. The molecule has 0 bridgehead atoms. The SMILES string of the molecule is O=C(Cc1ccc(-c2ccccc2)cc1)OCc1nnc(-c2ccccc2)o1. The van der Waals surface area contributed by atoms with Gasteiger partial charge in [-0.2, -0.15) is 0 Å². The number of aromatic nitrogens is 2. The number of hydrogen-bond donors (Lipinski definition) is 0. The molecule has 0 unspecified atom stereocenters. The van der Waals surface area contributed by atoms with Gasteiger partial charge in [0.2, 0.25) is 5.89 Å². The second kappa shape index (κ2) is 8.31. The van der Waals surface area contributed by atoms with Crippen molar-refractivity contribution in [3.8, 4) is 22.6 Å². The summed E-state index contributed by atoms with van der Waals surface area (Å²) in [6, 6.07) is 27.4. The average Bonchev–Trinajstić information content (AvgIpc) is 3.23. The molecule has 0 saturated carbocycles. The molecule has 5 heteroatoms. The smallest absolute Gasteiger partial charge is 0.310 e. The van der Waals surface area contributed by atoms with Crippen molar-refractivity contribution in [1.29, 1.82) is 0 Å². The van der Waals surface area contributed by atoms with Crippen molar-refractivity contribution >= 4 is 5.97 Å². The van der Waals surface area contributed by atoms with Crippen LogP contribution in [0.25, 0.3) is 22.6 Å². The number of esters is 1. The van der Waals surface area contributed by atoms with Crippen molar-refractivity contribution in [1.82, 2.24) is 10.2 Å². The summed E-state index contributed by atoms with van der Waals surface area (Å²) in [6.45, 7) is -0.0409. The Hall–Kier alpha value is -3.73. The van der Waals surface area contributed by atoms with Crippen LogP contribution in [0.15, 0.2) is 89.3 Å². The van der Waals surface area contributed by atoms with Gasteiger partial charge in [0.05, 0.1) is 6.42 Å². The molecule has 4 rings (SSSR count). The van der Waals surface area contributed by atoms with E-state index in [9.17, 15) is 4.79 Å². The van der Waals surface area contributed by atoms with Gasteiger partial charge in [0, 0.05) is 5.56 Å². The van der Waals surface area contributed by atoms with Crippen LogP contribution in [-0.2, 0) is 22.6 Å². The molecule has 1 aromatic heterocycles. The topological polar surface area (TPSA) is 65.2 Å². The van der Waals surface area contributed by atoms with Gasteiger partial charge in [-0.05, 0) is 28.8 Å². The molecular weight excluding hydrogens is 352 g/mol. The van der Waals surface area contributed by atoms with Gasteiger partial charge in [-0.15, -0.1) is 10.2 Å². The zero-order valence-corrected chi connectivity index (χ0v) is 15.1. The van der Waals surface area contributed by atoms with Crippen molar-refractivity contribution in [2.24, 2.45) is 0 Å². The fourth-order valence-corrected chi connectivity index (χ4v) is 2.81. The molecule has 1 heterocycles. The maximum Gasteiger partial charge on any atom is 0.310 e. The lowest BCUT2D eigenvalue weighted by atomic mass is 10.0. The first-order valence-corrected chi connectivity index (χ1v) is 8.96. The molecule has 0 aliphatic rings. The van der Waals surface area contributed by atoms with Crippen LogP contribution in [0.2, 0.25) is 0 Å². The number of carbonyl (C=O) groups excluding carboxylic acids is 1. The molecule has 0 radical (unpaired) electrons. The van der Waals surface area contributed by atoms with E-state index in [0.717, 1.165) is 22.3 Å². The Labute approximate surface area is 162 Å². The van der Waals surface area contributed by atoms with E-state index < -0.39 is 0 Å². The highest BCUT2D eigenvalue weighted by atomic mass is 16.5. The van der Waals surface area contributed by atoms with E-state index in [-0.39, 0.29) is 24.9 Å². The number of rotatable bonds is 6.